The Bertz CT molecular complexity index is 302. The fourth-order valence-corrected chi connectivity index (χ4v) is 3.30. The van der Waals surface area contributed by atoms with Crippen LogP contribution < -0.4 is 15.5 Å². The first kappa shape index (κ1) is 13.4. The molecule has 1 atom stereocenters. The van der Waals surface area contributed by atoms with E-state index in [1.54, 1.807) is 10.8 Å². The molecule has 0 aliphatic rings. The highest BCUT2D eigenvalue weighted by Crippen LogP contribution is 2.15. The Morgan fingerprint density at radius 3 is 2.69 bits per heavy atom. The molecule has 16 heavy (non-hydrogen) atoms. The lowest BCUT2D eigenvalue weighted by Gasteiger charge is -2.15. The van der Waals surface area contributed by atoms with E-state index in [4.69, 9.17) is 0 Å². The topological polar surface area (TPSA) is 24.1 Å². The Labute approximate surface area is 102 Å². The Hall–Kier alpha value is -0.643. The quantitative estimate of drug-likeness (QED) is 0.420. The lowest BCUT2D eigenvalue weighted by atomic mass is 9.99. The van der Waals surface area contributed by atoms with Gasteiger partial charge in [0, 0.05) is 6.67 Å². The van der Waals surface area contributed by atoms with Gasteiger partial charge in [-0.2, -0.15) is 0 Å². The summed E-state index contributed by atoms with van der Waals surface area (Å²) in [7, 11) is -0.325. The smallest absolute Gasteiger partial charge is 0.125 e. The molecule has 1 aromatic carbocycles. The van der Waals surface area contributed by atoms with Crippen molar-refractivity contribution in [3.63, 3.8) is 0 Å². The Kier molecular flexibility index (Phi) is 6.38. The molecule has 1 rings (SSSR count). The van der Waals surface area contributed by atoms with Gasteiger partial charge >= 0.3 is 0 Å². The van der Waals surface area contributed by atoms with Crippen LogP contribution in [0.2, 0.25) is 0 Å². The van der Waals surface area contributed by atoms with E-state index in [2.05, 4.69) is 55.3 Å². The second-order valence-corrected chi connectivity index (χ2v) is 5.83. The summed E-state index contributed by atoms with van der Waals surface area (Å²) < 4.78 is 0. The fraction of sp³-hybridized carbons (Fsp3) is 0.538. The molecule has 2 nitrogen and oxygen atoms in total. The van der Waals surface area contributed by atoms with Gasteiger partial charge in [-0.25, -0.2) is 0 Å². The SMILES string of the molecule is CCNCN[SiH2]c1ccccc1C(C)CC. The summed E-state index contributed by atoms with van der Waals surface area (Å²) >= 11 is 0. The average Bonchev–Trinajstić information content (AvgIpc) is 2.34. The van der Waals surface area contributed by atoms with Crippen LogP contribution in [0.15, 0.2) is 24.3 Å². The van der Waals surface area contributed by atoms with E-state index in [0.717, 1.165) is 13.2 Å². The van der Waals surface area contributed by atoms with Crippen molar-refractivity contribution < 1.29 is 0 Å². The first-order chi connectivity index (χ1) is 7.79. The zero-order valence-corrected chi connectivity index (χ0v) is 12.1. The van der Waals surface area contributed by atoms with Gasteiger partial charge in [0.05, 0.1) is 0 Å². The monoisotopic (exact) mass is 236 g/mol. The molecule has 1 unspecified atom stereocenters. The second-order valence-electron chi connectivity index (χ2n) is 4.22. The van der Waals surface area contributed by atoms with Crippen molar-refractivity contribution in [3.8, 4) is 0 Å². The zero-order valence-electron chi connectivity index (χ0n) is 10.7. The van der Waals surface area contributed by atoms with Crippen LogP contribution in [0.25, 0.3) is 0 Å². The van der Waals surface area contributed by atoms with Gasteiger partial charge in [-0.05, 0) is 29.6 Å². The predicted octanol–water partition coefficient (Wildman–Crippen LogP) is 1.07. The molecule has 0 bridgehead atoms. The van der Waals surface area contributed by atoms with Gasteiger partial charge in [-0.15, -0.1) is 0 Å². The summed E-state index contributed by atoms with van der Waals surface area (Å²) in [5.41, 5.74) is 1.54. The molecule has 0 aliphatic heterocycles. The summed E-state index contributed by atoms with van der Waals surface area (Å²) in [6.07, 6.45) is 1.22. The van der Waals surface area contributed by atoms with Crippen molar-refractivity contribution in [1.29, 1.82) is 0 Å². The maximum Gasteiger partial charge on any atom is 0.125 e. The molecule has 0 fully saturated rings. The minimum Gasteiger partial charge on any atom is -0.327 e. The van der Waals surface area contributed by atoms with Gasteiger partial charge in [0.25, 0.3) is 0 Å². The number of hydrogen-bond donors (Lipinski definition) is 2. The van der Waals surface area contributed by atoms with E-state index >= 15 is 0 Å². The van der Waals surface area contributed by atoms with Crippen LogP contribution in [0.3, 0.4) is 0 Å². The van der Waals surface area contributed by atoms with E-state index in [1.807, 2.05) is 0 Å². The number of rotatable bonds is 7. The highest BCUT2D eigenvalue weighted by molar-refractivity contribution is 6.51. The summed E-state index contributed by atoms with van der Waals surface area (Å²) in [6.45, 7) is 8.69. The molecular weight excluding hydrogens is 212 g/mol. The van der Waals surface area contributed by atoms with Gasteiger partial charge in [0.1, 0.15) is 9.68 Å². The average molecular weight is 236 g/mol. The lowest BCUT2D eigenvalue weighted by Crippen LogP contribution is -2.38. The second kappa shape index (κ2) is 7.60. The van der Waals surface area contributed by atoms with Crippen LogP contribution >= 0.6 is 0 Å². The third-order valence-electron chi connectivity index (χ3n) is 3.01. The fourth-order valence-electron chi connectivity index (χ4n) is 1.81. The summed E-state index contributed by atoms with van der Waals surface area (Å²) in [5, 5.41) is 4.87. The minimum atomic E-state index is -0.325. The van der Waals surface area contributed by atoms with Crippen LogP contribution in [0.1, 0.15) is 38.7 Å². The van der Waals surface area contributed by atoms with Gasteiger partial charge in [0.2, 0.25) is 0 Å². The Morgan fingerprint density at radius 2 is 2.00 bits per heavy atom. The Morgan fingerprint density at radius 1 is 1.25 bits per heavy atom. The molecular formula is C13H24N2Si. The van der Waals surface area contributed by atoms with Crippen molar-refractivity contribution in [2.75, 3.05) is 13.2 Å². The predicted molar refractivity (Wildman–Crippen MR) is 75.0 cm³/mol. The highest BCUT2D eigenvalue weighted by Gasteiger charge is 2.07. The first-order valence-electron chi connectivity index (χ1n) is 6.28. The highest BCUT2D eigenvalue weighted by atomic mass is 28.2. The number of hydrogen-bond acceptors (Lipinski definition) is 2. The lowest BCUT2D eigenvalue weighted by molar-refractivity contribution is 0.704. The van der Waals surface area contributed by atoms with Crippen LogP contribution in [-0.2, 0) is 0 Å². The van der Waals surface area contributed by atoms with Crippen LogP contribution in [-0.4, -0.2) is 22.9 Å². The normalized spacial score (nSPS) is 13.4. The summed E-state index contributed by atoms with van der Waals surface area (Å²) in [4.78, 5) is 3.55. The van der Waals surface area contributed by atoms with E-state index in [1.165, 1.54) is 6.42 Å². The molecule has 0 amide bonds. The third-order valence-corrected chi connectivity index (χ3v) is 4.54. The van der Waals surface area contributed by atoms with Crippen LogP contribution in [0, 0.1) is 0 Å². The van der Waals surface area contributed by atoms with Crippen molar-refractivity contribution in [2.45, 2.75) is 33.1 Å². The maximum absolute atomic E-state index is 3.55. The molecule has 0 aromatic heterocycles. The molecule has 3 heteroatoms. The molecule has 0 heterocycles. The molecule has 0 radical (unpaired) electrons. The van der Waals surface area contributed by atoms with Crippen molar-refractivity contribution in [2.24, 2.45) is 0 Å². The van der Waals surface area contributed by atoms with Gasteiger partial charge in [-0.3, -0.25) is 0 Å². The van der Waals surface area contributed by atoms with Gasteiger partial charge in [-0.1, -0.05) is 45.0 Å². The molecule has 0 saturated carbocycles. The van der Waals surface area contributed by atoms with Crippen molar-refractivity contribution in [1.82, 2.24) is 10.3 Å². The van der Waals surface area contributed by atoms with Gasteiger partial charge in [0.15, 0.2) is 0 Å². The largest absolute Gasteiger partial charge is 0.327 e. The first-order valence-corrected chi connectivity index (χ1v) is 7.70. The maximum atomic E-state index is 3.55. The standard InChI is InChI=1S/C13H24N2Si/c1-4-11(3)12-8-6-7-9-13(12)16-15-10-14-5-2/h6-9,11,14-15H,4-5,10,16H2,1-3H3. The minimum absolute atomic E-state index is 0.325. The van der Waals surface area contributed by atoms with Gasteiger partial charge < -0.3 is 10.3 Å². The van der Waals surface area contributed by atoms with E-state index in [-0.39, 0.29) is 9.68 Å². The molecule has 90 valence electrons. The van der Waals surface area contributed by atoms with E-state index in [9.17, 15) is 0 Å². The van der Waals surface area contributed by atoms with Crippen LogP contribution in [0.5, 0.6) is 0 Å². The molecule has 0 spiro atoms. The molecule has 0 aliphatic carbocycles. The molecule has 1 aromatic rings. The Balaban J connectivity index is 2.57. The third kappa shape index (κ3) is 4.08. The number of nitrogens with one attached hydrogen (secondary N) is 2. The van der Waals surface area contributed by atoms with Crippen LogP contribution in [0.4, 0.5) is 0 Å². The van der Waals surface area contributed by atoms with E-state index < -0.39 is 0 Å². The van der Waals surface area contributed by atoms with Crippen molar-refractivity contribution in [3.05, 3.63) is 29.8 Å². The van der Waals surface area contributed by atoms with E-state index in [0.29, 0.717) is 5.92 Å². The number of benzene rings is 1. The van der Waals surface area contributed by atoms with Crippen molar-refractivity contribution >= 4 is 14.9 Å². The summed E-state index contributed by atoms with van der Waals surface area (Å²) in [5.74, 6) is 0.685. The molecule has 0 saturated heterocycles. The zero-order chi connectivity index (χ0) is 11.8. The summed E-state index contributed by atoms with van der Waals surface area (Å²) in [6, 6.07) is 8.88. The molecule has 2 N–H and O–H groups in total.